The first-order valence-corrected chi connectivity index (χ1v) is 9.24. The lowest BCUT2D eigenvalue weighted by molar-refractivity contribution is -0.384. The minimum atomic E-state index is -4.65. The first-order chi connectivity index (χ1) is 14.1. The summed E-state index contributed by atoms with van der Waals surface area (Å²) in [7, 11) is 1.67. The highest BCUT2D eigenvalue weighted by Crippen LogP contribution is 2.36. The van der Waals surface area contributed by atoms with E-state index in [2.05, 4.69) is 0 Å². The zero-order chi connectivity index (χ0) is 21.9. The average Bonchev–Trinajstić information content (AvgIpc) is 3.20. The van der Waals surface area contributed by atoms with Gasteiger partial charge in [-0.15, -0.1) is 0 Å². The molecule has 0 aliphatic carbocycles. The molecule has 1 aromatic carbocycles. The van der Waals surface area contributed by atoms with Crippen molar-refractivity contribution in [2.24, 2.45) is 0 Å². The Morgan fingerprint density at radius 3 is 2.50 bits per heavy atom. The van der Waals surface area contributed by atoms with Crippen molar-refractivity contribution in [3.05, 3.63) is 58.0 Å². The van der Waals surface area contributed by atoms with E-state index in [-0.39, 0.29) is 18.1 Å². The number of anilines is 1. The predicted molar refractivity (Wildman–Crippen MR) is 102 cm³/mol. The highest BCUT2D eigenvalue weighted by molar-refractivity contribution is 5.78. The van der Waals surface area contributed by atoms with Crippen molar-refractivity contribution in [1.29, 1.82) is 0 Å². The second kappa shape index (κ2) is 8.74. The van der Waals surface area contributed by atoms with E-state index in [1.54, 1.807) is 29.0 Å². The molecule has 0 bridgehead atoms. The molecule has 8 nitrogen and oxygen atoms in total. The van der Waals surface area contributed by atoms with Crippen LogP contribution in [0.15, 0.2) is 41.0 Å². The van der Waals surface area contributed by atoms with Crippen LogP contribution < -0.4 is 4.90 Å². The fourth-order valence-corrected chi connectivity index (χ4v) is 3.30. The maximum absolute atomic E-state index is 12.9. The van der Waals surface area contributed by atoms with Gasteiger partial charge in [0, 0.05) is 39.3 Å². The summed E-state index contributed by atoms with van der Waals surface area (Å²) in [6.45, 7) is 2.17. The van der Waals surface area contributed by atoms with Crippen LogP contribution in [0.5, 0.6) is 0 Å². The van der Waals surface area contributed by atoms with E-state index >= 15 is 0 Å². The summed E-state index contributed by atoms with van der Waals surface area (Å²) in [4.78, 5) is 28.0. The standard InChI is InChI=1S/C19H21F3N4O4/c1-23(12-15-3-2-10-30-15)18(27)13-24-6-8-25(9-7-24)16-5-4-14(19(20,21)22)11-17(16)26(28)29/h2-5,10-11H,6-9,12-13H2,1H3. The third-order valence-corrected chi connectivity index (χ3v) is 4.97. The molecule has 1 aliphatic rings. The molecule has 0 spiro atoms. The smallest absolute Gasteiger partial charge is 0.416 e. The Balaban J connectivity index is 1.60. The summed E-state index contributed by atoms with van der Waals surface area (Å²) < 4.78 is 43.9. The van der Waals surface area contributed by atoms with Gasteiger partial charge in [-0.25, -0.2) is 0 Å². The lowest BCUT2D eigenvalue weighted by Gasteiger charge is -2.36. The van der Waals surface area contributed by atoms with Gasteiger partial charge in [0.05, 0.1) is 29.8 Å². The number of carbonyl (C=O) groups is 1. The topological polar surface area (TPSA) is 83.1 Å². The van der Waals surface area contributed by atoms with Gasteiger partial charge in [0.25, 0.3) is 5.69 Å². The highest BCUT2D eigenvalue weighted by Gasteiger charge is 2.34. The summed E-state index contributed by atoms with van der Waals surface area (Å²) in [5, 5.41) is 11.3. The Kier molecular flexibility index (Phi) is 6.30. The number of nitro groups is 1. The molecule has 1 aliphatic heterocycles. The number of alkyl halides is 3. The second-order valence-electron chi connectivity index (χ2n) is 7.05. The Morgan fingerprint density at radius 1 is 1.23 bits per heavy atom. The van der Waals surface area contributed by atoms with Crippen molar-refractivity contribution >= 4 is 17.3 Å². The van der Waals surface area contributed by atoms with E-state index in [0.717, 1.165) is 12.1 Å². The van der Waals surface area contributed by atoms with Gasteiger partial charge in [0.2, 0.25) is 5.91 Å². The molecule has 0 N–H and O–H groups in total. The Bertz CT molecular complexity index is 894. The molecule has 1 fully saturated rings. The molecule has 3 rings (SSSR count). The van der Waals surface area contributed by atoms with Crippen molar-refractivity contribution in [1.82, 2.24) is 9.80 Å². The predicted octanol–water partition coefficient (Wildman–Crippen LogP) is 2.99. The summed E-state index contributed by atoms with van der Waals surface area (Å²) >= 11 is 0. The number of carbonyl (C=O) groups excluding carboxylic acids is 1. The summed E-state index contributed by atoms with van der Waals surface area (Å²) in [5.41, 5.74) is -1.48. The third kappa shape index (κ3) is 5.09. The van der Waals surface area contributed by atoms with Crippen LogP contribution in [0.3, 0.4) is 0 Å². The SMILES string of the molecule is CN(Cc1ccco1)C(=O)CN1CCN(c2ccc(C(F)(F)F)cc2[N+](=O)[O-])CC1. The fourth-order valence-electron chi connectivity index (χ4n) is 3.30. The number of halogens is 3. The van der Waals surface area contributed by atoms with Crippen LogP contribution in [0, 0.1) is 10.1 Å². The van der Waals surface area contributed by atoms with Crippen molar-refractivity contribution in [2.45, 2.75) is 12.7 Å². The van der Waals surface area contributed by atoms with Crippen molar-refractivity contribution in [3.63, 3.8) is 0 Å². The minimum Gasteiger partial charge on any atom is -0.467 e. The monoisotopic (exact) mass is 426 g/mol. The van der Waals surface area contributed by atoms with Crippen LogP contribution in [0.2, 0.25) is 0 Å². The van der Waals surface area contributed by atoms with Crippen LogP contribution in [0.25, 0.3) is 0 Å². The van der Waals surface area contributed by atoms with Crippen LogP contribution >= 0.6 is 0 Å². The second-order valence-corrected chi connectivity index (χ2v) is 7.05. The fraction of sp³-hybridized carbons (Fsp3) is 0.421. The molecule has 1 saturated heterocycles. The van der Waals surface area contributed by atoms with Gasteiger partial charge in [-0.2, -0.15) is 13.2 Å². The summed E-state index contributed by atoms with van der Waals surface area (Å²) in [6, 6.07) is 6.07. The van der Waals surface area contributed by atoms with Crippen LogP contribution in [-0.2, 0) is 17.5 Å². The van der Waals surface area contributed by atoms with Crippen LogP contribution in [0.4, 0.5) is 24.5 Å². The number of furan rings is 1. The molecule has 0 radical (unpaired) electrons. The molecule has 162 valence electrons. The number of piperazine rings is 1. The molecule has 0 atom stereocenters. The van der Waals surface area contributed by atoms with Crippen LogP contribution in [-0.4, -0.2) is 60.4 Å². The number of likely N-dealkylation sites (N-methyl/N-ethyl adjacent to an activating group) is 1. The molecule has 0 saturated carbocycles. The zero-order valence-corrected chi connectivity index (χ0v) is 16.3. The van der Waals surface area contributed by atoms with E-state index in [0.29, 0.717) is 44.6 Å². The van der Waals surface area contributed by atoms with Gasteiger partial charge >= 0.3 is 6.18 Å². The van der Waals surface area contributed by atoms with Gasteiger partial charge in [0.1, 0.15) is 11.4 Å². The summed E-state index contributed by atoms with van der Waals surface area (Å²) in [6.07, 6.45) is -3.11. The maximum Gasteiger partial charge on any atom is 0.416 e. The Hall–Kier alpha value is -3.08. The number of rotatable bonds is 6. The lowest BCUT2D eigenvalue weighted by Crippen LogP contribution is -2.49. The molecule has 1 aromatic heterocycles. The lowest BCUT2D eigenvalue weighted by atomic mass is 10.1. The number of nitro benzene ring substituents is 1. The van der Waals surface area contributed by atoms with Crippen LogP contribution in [0.1, 0.15) is 11.3 Å². The van der Waals surface area contributed by atoms with E-state index in [1.807, 2.05) is 4.90 Å². The molecular formula is C19H21F3N4O4. The Morgan fingerprint density at radius 2 is 1.93 bits per heavy atom. The average molecular weight is 426 g/mol. The zero-order valence-electron chi connectivity index (χ0n) is 16.3. The normalized spacial score (nSPS) is 15.3. The van der Waals surface area contributed by atoms with Crippen molar-refractivity contribution < 1.29 is 27.3 Å². The van der Waals surface area contributed by atoms with Gasteiger partial charge in [0.15, 0.2) is 0 Å². The number of nitrogens with zero attached hydrogens (tertiary/aromatic N) is 4. The highest BCUT2D eigenvalue weighted by atomic mass is 19.4. The van der Waals surface area contributed by atoms with Gasteiger partial charge in [-0.3, -0.25) is 19.8 Å². The largest absolute Gasteiger partial charge is 0.467 e. The molecular weight excluding hydrogens is 405 g/mol. The number of amides is 1. The van der Waals surface area contributed by atoms with Crippen molar-refractivity contribution in [2.75, 3.05) is 44.7 Å². The number of hydrogen-bond acceptors (Lipinski definition) is 6. The van der Waals surface area contributed by atoms with E-state index in [9.17, 15) is 28.1 Å². The Labute approximate surface area is 170 Å². The molecule has 1 amide bonds. The molecule has 2 heterocycles. The summed E-state index contributed by atoms with van der Waals surface area (Å²) in [5.74, 6) is 0.575. The molecule has 11 heteroatoms. The van der Waals surface area contributed by atoms with E-state index < -0.39 is 22.4 Å². The first kappa shape index (κ1) is 21.6. The quantitative estimate of drug-likeness (QED) is 0.522. The molecule has 0 unspecified atom stereocenters. The molecule has 2 aromatic rings. The first-order valence-electron chi connectivity index (χ1n) is 9.24. The number of benzene rings is 1. The molecule has 30 heavy (non-hydrogen) atoms. The minimum absolute atomic E-state index is 0.0969. The van der Waals surface area contributed by atoms with Gasteiger partial charge in [-0.1, -0.05) is 0 Å². The number of hydrogen-bond donors (Lipinski definition) is 0. The van der Waals surface area contributed by atoms with E-state index in [1.165, 1.54) is 6.26 Å². The van der Waals surface area contributed by atoms with Gasteiger partial charge in [-0.05, 0) is 24.3 Å². The van der Waals surface area contributed by atoms with Gasteiger partial charge < -0.3 is 14.2 Å². The third-order valence-electron chi connectivity index (χ3n) is 4.97. The van der Waals surface area contributed by atoms with E-state index in [4.69, 9.17) is 4.42 Å². The van der Waals surface area contributed by atoms with Crippen molar-refractivity contribution in [3.8, 4) is 0 Å². The maximum atomic E-state index is 12.9.